The van der Waals surface area contributed by atoms with E-state index in [0.717, 1.165) is 11.1 Å². The van der Waals surface area contributed by atoms with E-state index in [-0.39, 0.29) is 96.7 Å². The number of aliphatic hydroxyl groups is 1. The van der Waals surface area contributed by atoms with E-state index >= 15 is 14.0 Å². The Bertz CT molecular complexity index is 2540. The first kappa shape index (κ1) is 49.6. The Morgan fingerprint density at radius 3 is 2.07 bits per heavy atom. The summed E-state index contributed by atoms with van der Waals surface area (Å²) in [4.78, 5) is 48.7. The number of carbonyl (C=O) groups is 3. The van der Waals surface area contributed by atoms with Crippen LogP contribution in [0.4, 0.5) is 9.18 Å². The molecule has 3 aliphatic rings. The van der Waals surface area contributed by atoms with Gasteiger partial charge in [-0.2, -0.15) is 0 Å². The molecule has 3 aliphatic carbocycles. The largest absolute Gasteiger partial charge is 0.508 e. The summed E-state index contributed by atoms with van der Waals surface area (Å²) in [6.45, 7) is 21.6. The van der Waals surface area contributed by atoms with Gasteiger partial charge in [0.2, 0.25) is 5.78 Å². The van der Waals surface area contributed by atoms with Crippen molar-refractivity contribution in [2.45, 2.75) is 137 Å². The van der Waals surface area contributed by atoms with Crippen LogP contribution in [0.5, 0.6) is 11.6 Å². The first-order valence-electron chi connectivity index (χ1n) is 23.5. The molecule has 1 amide bonds. The molecule has 14 heteroatoms. The molecule has 1 heterocycles. The topological polar surface area (TPSA) is 141 Å². The third-order valence-electron chi connectivity index (χ3n) is 13.8. The van der Waals surface area contributed by atoms with Crippen molar-refractivity contribution in [3.05, 3.63) is 123 Å². The van der Waals surface area contributed by atoms with Gasteiger partial charge >= 0.3 is 6.09 Å². The number of hydrogen-bond acceptors (Lipinski definition) is 11. The number of rotatable bonds is 14. The van der Waals surface area contributed by atoms with Crippen LogP contribution >= 0.6 is 0 Å². The molecule has 0 spiro atoms. The van der Waals surface area contributed by atoms with E-state index in [1.807, 2.05) is 134 Å². The van der Waals surface area contributed by atoms with E-state index in [0.29, 0.717) is 5.56 Å². The maximum absolute atomic E-state index is 17.9. The first-order chi connectivity index (χ1) is 31.4. The number of nitrogens with zero attached hydrogens (tertiary/aromatic N) is 3. The van der Waals surface area contributed by atoms with Crippen LogP contribution in [-0.4, -0.2) is 77.9 Å². The van der Waals surface area contributed by atoms with Crippen molar-refractivity contribution in [3.63, 3.8) is 0 Å². The number of fused-ring (bicyclic) bond motifs is 4. The van der Waals surface area contributed by atoms with E-state index < -0.39 is 71.7 Å². The summed E-state index contributed by atoms with van der Waals surface area (Å²) in [5.74, 6) is -3.47. The molecule has 0 fully saturated rings. The zero-order chi connectivity index (χ0) is 49.0. The van der Waals surface area contributed by atoms with Gasteiger partial charge in [-0.25, -0.2) is 9.18 Å². The molecule has 0 bridgehead atoms. The van der Waals surface area contributed by atoms with Crippen LogP contribution in [0.25, 0.3) is 0 Å². The molecule has 3 aromatic carbocycles. The van der Waals surface area contributed by atoms with Gasteiger partial charge in [-0.15, -0.1) is 0 Å². The van der Waals surface area contributed by atoms with Gasteiger partial charge in [0.25, 0.3) is 5.88 Å². The Morgan fingerprint density at radius 2 is 1.54 bits per heavy atom. The van der Waals surface area contributed by atoms with Gasteiger partial charge in [-0.3, -0.25) is 14.5 Å². The maximum atomic E-state index is 17.9. The lowest BCUT2D eigenvalue weighted by Crippen LogP contribution is -2.65. The number of benzene rings is 3. The van der Waals surface area contributed by atoms with Crippen molar-refractivity contribution in [2.75, 3.05) is 20.6 Å². The molecule has 360 valence electrons. The summed E-state index contributed by atoms with van der Waals surface area (Å²) in [5.41, 5.74) is -0.372. The Balaban J connectivity index is 1.45. The molecule has 0 radical (unpaired) electrons. The van der Waals surface area contributed by atoms with E-state index in [1.54, 1.807) is 20.8 Å². The van der Waals surface area contributed by atoms with Gasteiger partial charge in [-0.05, 0) is 100 Å². The third-order valence-corrected chi connectivity index (χ3v) is 18.2. The fraction of sp³-hybridized carbons (Fsp3) is 0.509. The second-order valence-corrected chi connectivity index (χ2v) is 26.2. The number of halogens is 1. The number of aromatic nitrogens is 1. The summed E-state index contributed by atoms with van der Waals surface area (Å²) in [6.07, 6.45) is -0.186. The number of ether oxygens (including phenoxy) is 3. The van der Waals surface area contributed by atoms with Crippen molar-refractivity contribution < 1.29 is 47.0 Å². The number of ketones is 2. The zero-order valence-corrected chi connectivity index (χ0v) is 42.5. The Morgan fingerprint density at radius 1 is 0.940 bits per heavy atom. The standard InChI is InChI=1S/C53H68FN3O9Si/c1-14-35-37(28-57(27-31(2)3)50(61)64-51(4,5)6)42(54)36-25-34-26-38-43(56(10)11)46-41(49(55-65-46)63-30-33-23-19-16-20-24-33)48(60)53(38,66-67(12,13)52(7,8)9)47(59)39(34)44(58)40(36)45(35)62-29-32-21-17-15-18-22-32/h15-24,31,34,38,43,59H,14,25-30H2,1-13H3/t34-,38-,43-,53-/m0/s1. The number of carbonyl (C=O) groups excluding carboxylic acids is 3. The SMILES string of the molecule is CCc1c(CN(CC(C)C)C(=O)OC(C)(C)C)c(F)c2c(c1OCc1ccccc1)C(=O)C1=C(O)[C@]3(O[Si](C)(C)C(C)(C)C)C(=O)c4c(OCc5ccccc5)noc4[C@@H](N(C)C)[C@@H]3C[C@@H]1C2. The van der Waals surface area contributed by atoms with Crippen LogP contribution in [0.15, 0.2) is 76.5 Å². The van der Waals surface area contributed by atoms with Gasteiger partial charge < -0.3 is 33.2 Å². The number of hydrogen-bond donors (Lipinski definition) is 1. The highest BCUT2D eigenvalue weighted by atomic mass is 28.4. The molecule has 0 saturated heterocycles. The molecular formula is C53H68FN3O9Si. The molecule has 0 aliphatic heterocycles. The van der Waals surface area contributed by atoms with Crippen molar-refractivity contribution in [3.8, 4) is 11.6 Å². The smallest absolute Gasteiger partial charge is 0.410 e. The molecule has 1 N–H and O–H groups in total. The predicted molar refractivity (Wildman–Crippen MR) is 256 cm³/mol. The van der Waals surface area contributed by atoms with Gasteiger partial charge in [0, 0.05) is 34.7 Å². The quantitative estimate of drug-likeness (QED) is 0.121. The number of amides is 1. The zero-order valence-electron chi connectivity index (χ0n) is 41.5. The van der Waals surface area contributed by atoms with E-state index in [1.165, 1.54) is 4.90 Å². The average Bonchev–Trinajstić information content (AvgIpc) is 3.66. The third kappa shape index (κ3) is 9.33. The first-order valence-corrected chi connectivity index (χ1v) is 26.4. The fourth-order valence-electron chi connectivity index (χ4n) is 9.73. The minimum absolute atomic E-state index is 0.00266. The number of Topliss-reactive ketones (excluding diaryl/α,β-unsaturated/α-hetero) is 2. The van der Waals surface area contributed by atoms with E-state index in [9.17, 15) is 9.90 Å². The monoisotopic (exact) mass is 937 g/mol. The van der Waals surface area contributed by atoms with Crippen LogP contribution in [0.2, 0.25) is 18.1 Å². The van der Waals surface area contributed by atoms with Crippen molar-refractivity contribution >= 4 is 26.0 Å². The Labute approximate surface area is 395 Å². The summed E-state index contributed by atoms with van der Waals surface area (Å²) in [7, 11) is 0.705. The van der Waals surface area contributed by atoms with Crippen LogP contribution in [0.1, 0.15) is 129 Å². The Hall–Kier alpha value is -5.31. The lowest BCUT2D eigenvalue weighted by molar-refractivity contribution is -0.0481. The molecule has 7 rings (SSSR count). The van der Waals surface area contributed by atoms with Crippen LogP contribution in [-0.2, 0) is 41.8 Å². The minimum atomic E-state index is -3.01. The lowest BCUT2D eigenvalue weighted by atomic mass is 9.58. The maximum Gasteiger partial charge on any atom is 0.410 e. The van der Waals surface area contributed by atoms with E-state index in [4.69, 9.17) is 23.2 Å². The summed E-state index contributed by atoms with van der Waals surface area (Å²) in [6, 6.07) is 18.2. The number of aliphatic hydroxyl groups excluding tert-OH is 1. The molecule has 12 nitrogen and oxygen atoms in total. The molecule has 1 aromatic heterocycles. The van der Waals surface area contributed by atoms with Gasteiger partial charge in [0.15, 0.2) is 25.5 Å². The normalized spacial score (nSPS) is 20.6. The average molecular weight is 938 g/mol. The second-order valence-electron chi connectivity index (χ2n) is 21.5. The summed E-state index contributed by atoms with van der Waals surface area (Å²) in [5, 5.41) is 17.1. The summed E-state index contributed by atoms with van der Waals surface area (Å²) < 4.78 is 50.1. The van der Waals surface area contributed by atoms with Crippen molar-refractivity contribution in [1.29, 1.82) is 0 Å². The highest BCUT2D eigenvalue weighted by Crippen LogP contribution is 2.60. The van der Waals surface area contributed by atoms with E-state index in [2.05, 4.69) is 5.16 Å². The lowest BCUT2D eigenvalue weighted by Gasteiger charge is -2.55. The van der Waals surface area contributed by atoms with Gasteiger partial charge in [0.05, 0.1) is 18.2 Å². The molecular weight excluding hydrogens is 870 g/mol. The van der Waals surface area contributed by atoms with Crippen LogP contribution in [0.3, 0.4) is 0 Å². The Kier molecular flexibility index (Phi) is 13.8. The van der Waals surface area contributed by atoms with Crippen LogP contribution < -0.4 is 9.47 Å². The highest BCUT2D eigenvalue weighted by Gasteiger charge is 2.67. The molecule has 4 atom stereocenters. The second kappa shape index (κ2) is 18.6. The number of allylic oxidation sites excluding steroid dienone is 1. The van der Waals surface area contributed by atoms with Gasteiger partial charge in [-0.1, -0.05) is 102 Å². The highest BCUT2D eigenvalue weighted by molar-refractivity contribution is 6.74. The predicted octanol–water partition coefficient (Wildman–Crippen LogP) is 11.4. The van der Waals surface area contributed by atoms with Gasteiger partial charge in [0.1, 0.15) is 41.7 Å². The molecule has 0 unspecified atom stereocenters. The molecule has 67 heavy (non-hydrogen) atoms. The minimum Gasteiger partial charge on any atom is -0.508 e. The molecule has 4 aromatic rings. The summed E-state index contributed by atoms with van der Waals surface area (Å²) >= 11 is 0. The fourth-order valence-corrected chi connectivity index (χ4v) is 11.2. The van der Waals surface area contributed by atoms with Crippen molar-refractivity contribution in [1.82, 2.24) is 15.0 Å². The molecule has 0 saturated carbocycles. The van der Waals surface area contributed by atoms with Crippen molar-refractivity contribution in [2.24, 2.45) is 17.8 Å². The van der Waals surface area contributed by atoms with Crippen LogP contribution in [0, 0.1) is 23.6 Å².